The van der Waals surface area contributed by atoms with Crippen LogP contribution in [0.4, 0.5) is 4.39 Å². The second kappa shape index (κ2) is 5.08. The molecule has 1 rings (SSSR count). The highest BCUT2D eigenvalue weighted by molar-refractivity contribution is 4.86. The topological polar surface area (TPSA) is 12.5 Å². The van der Waals surface area contributed by atoms with E-state index in [1.165, 1.54) is 0 Å². The molecule has 0 aromatic carbocycles. The van der Waals surface area contributed by atoms with Gasteiger partial charge in [0.2, 0.25) is 0 Å². The lowest BCUT2D eigenvalue weighted by molar-refractivity contribution is -0.0442. The highest BCUT2D eigenvalue weighted by Gasteiger charge is 2.34. The van der Waals surface area contributed by atoms with Crippen molar-refractivity contribution in [3.8, 4) is 0 Å². The third kappa shape index (κ3) is 3.54. The lowest BCUT2D eigenvalue weighted by Crippen LogP contribution is -2.44. The van der Waals surface area contributed by atoms with Crippen molar-refractivity contribution in [1.82, 2.24) is 4.90 Å². The van der Waals surface area contributed by atoms with Crippen molar-refractivity contribution in [2.45, 2.75) is 45.4 Å². The maximum atomic E-state index is 14.1. The Hall–Kier alpha value is -0.150. The summed E-state index contributed by atoms with van der Waals surface area (Å²) in [5.41, 5.74) is -1.07. The van der Waals surface area contributed by atoms with E-state index in [9.17, 15) is 4.39 Å². The summed E-state index contributed by atoms with van der Waals surface area (Å²) in [6.45, 7) is 9.05. The fourth-order valence-corrected chi connectivity index (χ4v) is 1.73. The Morgan fingerprint density at radius 3 is 2.36 bits per heavy atom. The molecule has 1 fully saturated rings. The van der Waals surface area contributed by atoms with Crippen molar-refractivity contribution in [2.24, 2.45) is 0 Å². The van der Waals surface area contributed by atoms with Gasteiger partial charge in [0.05, 0.1) is 12.7 Å². The summed E-state index contributed by atoms with van der Waals surface area (Å²) < 4.78 is 19.5. The molecule has 84 valence electrons. The molecule has 0 saturated carbocycles. The predicted octanol–water partition coefficient (Wildman–Crippen LogP) is 2.24. The van der Waals surface area contributed by atoms with Crippen LogP contribution in [0, 0.1) is 0 Å². The van der Waals surface area contributed by atoms with E-state index in [0.29, 0.717) is 12.8 Å². The minimum Gasteiger partial charge on any atom is -0.375 e. The van der Waals surface area contributed by atoms with Crippen molar-refractivity contribution in [1.29, 1.82) is 0 Å². The van der Waals surface area contributed by atoms with Gasteiger partial charge in [0.1, 0.15) is 5.67 Å². The highest BCUT2D eigenvalue weighted by Crippen LogP contribution is 2.27. The normalized spacial score (nSPS) is 22.9. The molecular weight excluding hydrogens is 181 g/mol. The molecule has 1 aliphatic heterocycles. The van der Waals surface area contributed by atoms with Crippen LogP contribution < -0.4 is 0 Å². The Morgan fingerprint density at radius 2 is 1.93 bits per heavy atom. The van der Waals surface area contributed by atoms with Crippen LogP contribution in [-0.2, 0) is 4.74 Å². The van der Waals surface area contributed by atoms with E-state index in [1.807, 2.05) is 13.8 Å². The molecule has 14 heavy (non-hydrogen) atoms. The fraction of sp³-hybridized carbons (Fsp3) is 1.00. The SMILES string of the molecule is CCN1CCC(F)(COC(C)C)CC1. The molecule has 0 N–H and O–H groups in total. The second-order valence-corrected chi connectivity index (χ2v) is 4.44. The number of hydrogen-bond donors (Lipinski definition) is 0. The largest absolute Gasteiger partial charge is 0.375 e. The van der Waals surface area contributed by atoms with Gasteiger partial charge in [0.25, 0.3) is 0 Å². The summed E-state index contributed by atoms with van der Waals surface area (Å²) in [6.07, 6.45) is 1.37. The van der Waals surface area contributed by atoms with E-state index in [-0.39, 0.29) is 12.7 Å². The van der Waals surface area contributed by atoms with Crippen LogP contribution in [0.15, 0.2) is 0 Å². The number of halogens is 1. The van der Waals surface area contributed by atoms with Crippen molar-refractivity contribution in [3.05, 3.63) is 0 Å². The van der Waals surface area contributed by atoms with Gasteiger partial charge in [-0.15, -0.1) is 0 Å². The highest BCUT2D eigenvalue weighted by atomic mass is 19.1. The standard InChI is InChI=1S/C11H22FNO/c1-4-13-7-5-11(12,6-8-13)9-14-10(2)3/h10H,4-9H2,1-3H3. The third-order valence-corrected chi connectivity index (χ3v) is 2.87. The molecule has 1 heterocycles. The lowest BCUT2D eigenvalue weighted by Gasteiger charge is -2.35. The molecule has 3 heteroatoms. The number of rotatable bonds is 4. The van der Waals surface area contributed by atoms with Gasteiger partial charge in [-0.25, -0.2) is 4.39 Å². The van der Waals surface area contributed by atoms with Gasteiger partial charge in [0, 0.05) is 13.1 Å². The van der Waals surface area contributed by atoms with Gasteiger partial charge >= 0.3 is 0 Å². The molecule has 0 amide bonds. The van der Waals surface area contributed by atoms with Crippen LogP contribution in [0.25, 0.3) is 0 Å². The van der Waals surface area contributed by atoms with Crippen molar-refractivity contribution >= 4 is 0 Å². The van der Waals surface area contributed by atoms with Gasteiger partial charge in [-0.3, -0.25) is 0 Å². The molecular formula is C11H22FNO. The van der Waals surface area contributed by atoms with E-state index >= 15 is 0 Å². The molecule has 0 spiro atoms. The Balaban J connectivity index is 2.30. The fourth-order valence-electron chi connectivity index (χ4n) is 1.73. The van der Waals surface area contributed by atoms with E-state index in [0.717, 1.165) is 19.6 Å². The van der Waals surface area contributed by atoms with Crippen LogP contribution in [-0.4, -0.2) is 42.9 Å². The Bertz CT molecular complexity index is 165. The minimum atomic E-state index is -1.07. The van der Waals surface area contributed by atoms with Crippen LogP contribution >= 0.6 is 0 Å². The average Bonchev–Trinajstić information content (AvgIpc) is 2.16. The molecule has 0 aliphatic carbocycles. The molecule has 0 radical (unpaired) electrons. The molecule has 1 saturated heterocycles. The van der Waals surface area contributed by atoms with Crippen LogP contribution in [0.3, 0.4) is 0 Å². The van der Waals surface area contributed by atoms with Crippen LogP contribution in [0.2, 0.25) is 0 Å². The lowest BCUT2D eigenvalue weighted by atomic mass is 9.94. The van der Waals surface area contributed by atoms with E-state index in [2.05, 4.69) is 11.8 Å². The zero-order valence-electron chi connectivity index (χ0n) is 9.55. The van der Waals surface area contributed by atoms with E-state index < -0.39 is 5.67 Å². The Morgan fingerprint density at radius 1 is 1.36 bits per heavy atom. The summed E-state index contributed by atoms with van der Waals surface area (Å²) in [5.74, 6) is 0. The van der Waals surface area contributed by atoms with Gasteiger partial charge in [-0.05, 0) is 33.2 Å². The molecule has 0 atom stereocenters. The first-order chi connectivity index (χ1) is 6.56. The van der Waals surface area contributed by atoms with E-state index in [1.54, 1.807) is 0 Å². The van der Waals surface area contributed by atoms with Gasteiger partial charge in [-0.1, -0.05) is 6.92 Å². The number of likely N-dealkylation sites (tertiary alicyclic amines) is 1. The number of piperidine rings is 1. The first kappa shape index (κ1) is 11.9. The van der Waals surface area contributed by atoms with Crippen molar-refractivity contribution in [3.63, 3.8) is 0 Å². The maximum absolute atomic E-state index is 14.1. The number of alkyl halides is 1. The summed E-state index contributed by atoms with van der Waals surface area (Å²) in [4.78, 5) is 2.28. The second-order valence-electron chi connectivity index (χ2n) is 4.44. The summed E-state index contributed by atoms with van der Waals surface area (Å²) in [5, 5.41) is 0. The van der Waals surface area contributed by atoms with Gasteiger partial charge in [0.15, 0.2) is 0 Å². The van der Waals surface area contributed by atoms with Crippen molar-refractivity contribution in [2.75, 3.05) is 26.2 Å². The molecule has 0 aromatic rings. The quantitative estimate of drug-likeness (QED) is 0.694. The molecule has 0 unspecified atom stereocenters. The monoisotopic (exact) mass is 203 g/mol. The summed E-state index contributed by atoms with van der Waals surface area (Å²) >= 11 is 0. The first-order valence-electron chi connectivity index (χ1n) is 5.58. The molecule has 0 aromatic heterocycles. The van der Waals surface area contributed by atoms with Crippen molar-refractivity contribution < 1.29 is 9.13 Å². The average molecular weight is 203 g/mol. The minimum absolute atomic E-state index is 0.131. The maximum Gasteiger partial charge on any atom is 0.136 e. The van der Waals surface area contributed by atoms with Crippen LogP contribution in [0.5, 0.6) is 0 Å². The number of hydrogen-bond acceptors (Lipinski definition) is 2. The summed E-state index contributed by atoms with van der Waals surface area (Å²) in [6, 6.07) is 0. The zero-order valence-corrected chi connectivity index (χ0v) is 9.55. The van der Waals surface area contributed by atoms with Crippen LogP contribution in [0.1, 0.15) is 33.6 Å². The number of ether oxygens (including phenoxy) is 1. The van der Waals surface area contributed by atoms with Gasteiger partial charge in [-0.2, -0.15) is 0 Å². The summed E-state index contributed by atoms with van der Waals surface area (Å²) in [7, 11) is 0. The Labute approximate surface area is 86.4 Å². The molecule has 0 bridgehead atoms. The third-order valence-electron chi connectivity index (χ3n) is 2.87. The van der Waals surface area contributed by atoms with Gasteiger partial charge < -0.3 is 9.64 Å². The molecule has 1 aliphatic rings. The Kier molecular flexibility index (Phi) is 4.32. The predicted molar refractivity (Wildman–Crippen MR) is 56.3 cm³/mol. The molecule has 2 nitrogen and oxygen atoms in total. The zero-order chi connectivity index (χ0) is 10.6. The number of nitrogens with zero attached hydrogens (tertiary/aromatic N) is 1. The first-order valence-corrected chi connectivity index (χ1v) is 5.58. The smallest absolute Gasteiger partial charge is 0.136 e. The van der Waals surface area contributed by atoms with E-state index in [4.69, 9.17) is 4.74 Å².